The maximum atomic E-state index is 7.99. The van der Waals surface area contributed by atoms with Gasteiger partial charge in [0.05, 0.1) is 0 Å². The Hall–Kier alpha value is 1.69. The zero-order chi connectivity index (χ0) is 45.5. The topological polar surface area (TPSA) is 111 Å². The number of rotatable bonds is 20. The van der Waals surface area contributed by atoms with E-state index in [1.165, 1.54) is 0 Å². The molecule has 0 spiro atoms. The van der Waals surface area contributed by atoms with Crippen molar-refractivity contribution < 1.29 is 49.4 Å². The van der Waals surface area contributed by atoms with Gasteiger partial charge in [0.1, 0.15) is 0 Å². The summed E-state index contributed by atoms with van der Waals surface area (Å²) >= 11 is 0. The van der Waals surface area contributed by atoms with E-state index in [9.17, 15) is 0 Å². The van der Waals surface area contributed by atoms with Crippen LogP contribution in [0.25, 0.3) is 0 Å². The third kappa shape index (κ3) is 16.8. The third-order valence-electron chi connectivity index (χ3n) is 8.79. The lowest BCUT2D eigenvalue weighted by molar-refractivity contribution is 0.00672. The highest BCUT2D eigenvalue weighted by molar-refractivity contribution is 7.01. The summed E-state index contributed by atoms with van der Waals surface area (Å²) in [6, 6.07) is 3.56. The lowest BCUT2D eigenvalue weighted by Gasteiger charge is -2.60. The van der Waals surface area contributed by atoms with Crippen LogP contribution in [0.5, 0.6) is 0 Å². The first-order chi connectivity index (χ1) is 26.4. The molecule has 59 heavy (non-hydrogen) atoms. The molecule has 0 N–H and O–H groups in total. The Kier molecular flexibility index (Phi) is 18.5. The largest absolute Gasteiger partial charge is 0.479 e. The summed E-state index contributed by atoms with van der Waals surface area (Å²) in [5, 5.41) is 0. The van der Waals surface area contributed by atoms with Gasteiger partial charge in [-0.25, -0.2) is 0 Å². The Morgan fingerprint density at radius 1 is 0.271 bits per heavy atom. The van der Waals surface area contributed by atoms with Gasteiger partial charge < -0.3 is 49.4 Å². The molecule has 0 atom stereocenters. The van der Waals surface area contributed by atoms with Crippen molar-refractivity contribution >= 4 is 86.6 Å². The van der Waals surface area contributed by atoms with Crippen LogP contribution in [0, 0.1) is 41.4 Å². The fraction of sp³-hybridized carbons (Fsp3) is 1.00. The van der Waals surface area contributed by atoms with Crippen molar-refractivity contribution in [1.29, 1.82) is 0 Å². The Morgan fingerprint density at radius 3 is 0.559 bits per heavy atom. The molecule has 0 amide bonds. The van der Waals surface area contributed by atoms with Crippen LogP contribution in [0.1, 0.15) is 96.9 Å². The summed E-state index contributed by atoms with van der Waals surface area (Å²) < 4.78 is 94.5. The summed E-state index contributed by atoms with van der Waals surface area (Å²) in [5.41, 5.74) is 0. The van der Waals surface area contributed by atoms with E-state index in [0.29, 0.717) is 42.3 Å². The van der Waals surface area contributed by atoms with E-state index in [0.717, 1.165) is 0 Å². The van der Waals surface area contributed by atoms with Gasteiger partial charge in [-0.15, -0.1) is 0 Å². The van der Waals surface area contributed by atoms with E-state index < -0.39 is 86.6 Å². The molecule has 3 fully saturated rings. The fourth-order valence-electron chi connectivity index (χ4n) is 8.34. The number of fused-ring (bicyclic) bond motifs is 3. The minimum Gasteiger partial charge on any atom is -0.417 e. The molecule has 3 saturated heterocycles. The number of hydrogen-bond donors (Lipinski definition) is 0. The standard InChI is InChI=1S/C37H90O12Si10/c1-31(2)24-53(38-50(15,16)17)41-56(27-34(7)8)43-54(25-32(3)4,39-51(18,19)20)45-58(29-36(11)12)46-55(26-33(5)6,40-52(21,22)23)44-57(42-53,28-35(9)10)48-59(47-56,49-58)30-37(13)14/h31-37H,24-30H2,1-23H3. The van der Waals surface area contributed by atoms with E-state index in [1.54, 1.807) is 0 Å². The quantitative estimate of drug-likeness (QED) is 0.108. The Labute approximate surface area is 373 Å². The lowest BCUT2D eigenvalue weighted by Crippen LogP contribution is -2.84. The summed E-state index contributed by atoms with van der Waals surface area (Å²) in [7, 11) is -34.9. The van der Waals surface area contributed by atoms with Crippen LogP contribution in [0.4, 0.5) is 0 Å². The van der Waals surface area contributed by atoms with Crippen molar-refractivity contribution in [2.45, 2.75) is 198 Å². The van der Waals surface area contributed by atoms with E-state index in [2.05, 4.69) is 156 Å². The molecule has 0 unspecified atom stereocenters. The highest BCUT2D eigenvalue weighted by Crippen LogP contribution is 2.52. The van der Waals surface area contributed by atoms with Gasteiger partial charge in [-0.05, 0) is 100 Å². The second-order valence-electron chi connectivity index (χ2n) is 23.5. The van der Waals surface area contributed by atoms with Crippen LogP contribution in [-0.4, -0.2) is 86.6 Å². The van der Waals surface area contributed by atoms with Gasteiger partial charge in [-0.3, -0.25) is 0 Å². The van der Waals surface area contributed by atoms with Crippen LogP contribution >= 0.6 is 0 Å². The molecule has 0 saturated carbocycles. The monoisotopic (exact) mass is 1010 g/mol. The van der Waals surface area contributed by atoms with Gasteiger partial charge in [-0.1, -0.05) is 96.9 Å². The van der Waals surface area contributed by atoms with Crippen LogP contribution in [0.2, 0.25) is 101 Å². The molecule has 0 radical (unpaired) electrons. The second-order valence-corrected chi connectivity index (χ2v) is 58.4. The van der Waals surface area contributed by atoms with E-state index in [-0.39, 0.29) is 41.4 Å². The Morgan fingerprint density at radius 2 is 0.424 bits per heavy atom. The molecular formula is C37H90O12Si10. The normalized spacial score (nSPS) is 35.3. The molecule has 22 heteroatoms. The van der Waals surface area contributed by atoms with Gasteiger partial charge in [0.2, 0.25) is 0 Å². The maximum absolute atomic E-state index is 7.99. The summed E-state index contributed by atoms with van der Waals surface area (Å²) in [4.78, 5) is 0. The van der Waals surface area contributed by atoms with E-state index >= 15 is 0 Å². The van der Waals surface area contributed by atoms with Crippen LogP contribution in [0.3, 0.4) is 0 Å². The Balaban J connectivity index is 2.80. The average Bonchev–Trinajstić information content (AvgIpc) is 2.83. The maximum Gasteiger partial charge on any atom is 0.479 e. The van der Waals surface area contributed by atoms with Crippen molar-refractivity contribution in [3.63, 3.8) is 0 Å². The molecule has 0 aromatic heterocycles. The molecular weight excluding hydrogens is 917 g/mol. The molecule has 3 heterocycles. The predicted molar refractivity (Wildman–Crippen MR) is 261 cm³/mol. The molecule has 3 rings (SSSR count). The van der Waals surface area contributed by atoms with Crippen molar-refractivity contribution in [3.8, 4) is 0 Å². The van der Waals surface area contributed by atoms with Gasteiger partial charge in [0, 0.05) is 42.3 Å². The first kappa shape index (κ1) is 55.0. The molecule has 12 nitrogen and oxygen atoms in total. The van der Waals surface area contributed by atoms with Gasteiger partial charge in [0.25, 0.3) is 0 Å². The summed E-state index contributed by atoms with van der Waals surface area (Å²) in [6.07, 6.45) is 0. The summed E-state index contributed by atoms with van der Waals surface area (Å²) in [5.74, 6) is 0.914. The van der Waals surface area contributed by atoms with Crippen molar-refractivity contribution in [2.75, 3.05) is 0 Å². The van der Waals surface area contributed by atoms with Gasteiger partial charge in [-0.2, -0.15) is 0 Å². The van der Waals surface area contributed by atoms with Crippen molar-refractivity contribution in [1.82, 2.24) is 0 Å². The SMILES string of the molecule is CC(C)C[Si]1(O[Si](C)(C)C)O[Si]2(CC(C)C)O[Si](CC(C)C)(O[Si](C)(C)C)O[Si]3(CC(C)C)O[Si](CC(C)C)(O[Si](C)(C)C)O[Si](CC(C)C)(O1)O[Si](CC(C)C)(O2)O3. The molecule has 3 aliphatic rings. The first-order valence-electron chi connectivity index (χ1n) is 22.8. The molecule has 0 aliphatic carbocycles. The van der Waals surface area contributed by atoms with Crippen LogP contribution < -0.4 is 0 Å². The third-order valence-corrected chi connectivity index (χ3v) is 51.5. The highest BCUT2D eigenvalue weighted by Gasteiger charge is 2.78. The zero-order valence-electron chi connectivity index (χ0n) is 41.9. The molecule has 350 valence electrons. The minimum atomic E-state index is -4.00. The smallest absolute Gasteiger partial charge is 0.417 e. The fourth-order valence-corrected chi connectivity index (χ4v) is 62.0. The second kappa shape index (κ2) is 19.9. The molecule has 0 aromatic carbocycles. The first-order valence-corrected chi connectivity index (χ1v) is 46.6. The van der Waals surface area contributed by atoms with Crippen molar-refractivity contribution in [3.05, 3.63) is 0 Å². The van der Waals surface area contributed by atoms with Gasteiger partial charge >= 0.3 is 61.6 Å². The number of hydrogen-bond acceptors (Lipinski definition) is 12. The highest BCUT2D eigenvalue weighted by atomic mass is 28.6. The zero-order valence-corrected chi connectivity index (χ0v) is 51.9. The van der Waals surface area contributed by atoms with Crippen molar-refractivity contribution in [2.24, 2.45) is 41.4 Å². The van der Waals surface area contributed by atoms with Crippen LogP contribution in [0.15, 0.2) is 0 Å². The van der Waals surface area contributed by atoms with E-state index in [4.69, 9.17) is 49.4 Å². The van der Waals surface area contributed by atoms with E-state index in [1.807, 2.05) is 0 Å². The molecule has 3 aliphatic heterocycles. The average molecular weight is 1010 g/mol. The Bertz CT molecular complexity index is 1180. The van der Waals surface area contributed by atoms with Gasteiger partial charge in [0.15, 0.2) is 25.0 Å². The predicted octanol–water partition coefficient (Wildman–Crippen LogP) is 11.9. The summed E-state index contributed by atoms with van der Waals surface area (Å²) in [6.45, 7) is 50.7. The molecule has 0 aromatic rings. The molecule has 4 bridgehead atoms. The van der Waals surface area contributed by atoms with Crippen LogP contribution in [-0.2, 0) is 49.4 Å². The minimum absolute atomic E-state index is 0.116. The lowest BCUT2D eigenvalue weighted by atomic mass is 10.3.